The van der Waals surface area contributed by atoms with Crippen molar-refractivity contribution in [3.05, 3.63) is 16.0 Å². The molecule has 0 saturated heterocycles. The van der Waals surface area contributed by atoms with Gasteiger partial charge in [0.15, 0.2) is 0 Å². The van der Waals surface area contributed by atoms with E-state index in [4.69, 9.17) is 10.2 Å². The first-order valence-electron chi connectivity index (χ1n) is 5.57. The molecule has 0 unspecified atom stereocenters. The summed E-state index contributed by atoms with van der Waals surface area (Å²) in [7, 11) is 0. The molecule has 0 radical (unpaired) electrons. The Kier molecular flexibility index (Phi) is 3.43. The van der Waals surface area contributed by atoms with Crippen LogP contribution in [0.1, 0.15) is 38.4 Å². The van der Waals surface area contributed by atoms with E-state index in [1.54, 1.807) is 0 Å². The standard InChI is InChI=1S/C11H12N2O5S/c1-4-6(9(14)15)8(19-7(4)10(16)17)13-11(18)12-5-2-3-5/h5H,2-3H2,1H3,(H,14,15)(H,16,17)(H2,12,13,18). The summed E-state index contributed by atoms with van der Waals surface area (Å²) in [4.78, 5) is 33.6. The van der Waals surface area contributed by atoms with Crippen LogP contribution in [0.25, 0.3) is 0 Å². The number of rotatable bonds is 4. The number of carbonyl (C=O) groups is 3. The molecule has 0 bridgehead atoms. The average Bonchev–Trinajstić information content (AvgIpc) is 3.01. The Balaban J connectivity index is 2.27. The summed E-state index contributed by atoms with van der Waals surface area (Å²) >= 11 is 0.746. The molecule has 1 aliphatic rings. The molecule has 1 fully saturated rings. The normalized spacial score (nSPS) is 13.9. The number of nitrogens with one attached hydrogen (secondary N) is 2. The SMILES string of the molecule is Cc1c(C(=O)O)sc(NC(=O)NC2CC2)c1C(=O)O. The highest BCUT2D eigenvalue weighted by atomic mass is 32.1. The first kappa shape index (κ1) is 13.3. The molecule has 1 saturated carbocycles. The van der Waals surface area contributed by atoms with Gasteiger partial charge in [-0.25, -0.2) is 14.4 Å². The monoisotopic (exact) mass is 284 g/mol. The highest BCUT2D eigenvalue weighted by Crippen LogP contribution is 2.33. The van der Waals surface area contributed by atoms with Gasteiger partial charge in [-0.1, -0.05) is 0 Å². The quantitative estimate of drug-likeness (QED) is 0.672. The summed E-state index contributed by atoms with van der Waals surface area (Å²) in [5, 5.41) is 23.1. The Morgan fingerprint density at radius 3 is 2.32 bits per heavy atom. The van der Waals surface area contributed by atoms with Crippen molar-refractivity contribution in [3.8, 4) is 0 Å². The molecule has 1 aromatic rings. The maximum absolute atomic E-state index is 11.6. The molecule has 1 heterocycles. The Hall–Kier alpha value is -2.09. The molecule has 102 valence electrons. The van der Waals surface area contributed by atoms with Crippen LogP contribution in [-0.2, 0) is 0 Å². The van der Waals surface area contributed by atoms with Gasteiger partial charge in [0.1, 0.15) is 9.88 Å². The summed E-state index contributed by atoms with van der Waals surface area (Å²) in [5.41, 5.74) is -0.0277. The van der Waals surface area contributed by atoms with Crippen LogP contribution in [-0.4, -0.2) is 34.2 Å². The number of hydrogen-bond acceptors (Lipinski definition) is 4. The van der Waals surface area contributed by atoms with Crippen molar-refractivity contribution in [3.63, 3.8) is 0 Å². The number of hydrogen-bond donors (Lipinski definition) is 4. The second kappa shape index (κ2) is 4.88. The predicted octanol–water partition coefficient (Wildman–Crippen LogP) is 1.74. The number of amides is 2. The van der Waals surface area contributed by atoms with Crippen LogP contribution in [0.3, 0.4) is 0 Å². The third-order valence-corrected chi connectivity index (χ3v) is 3.89. The molecule has 2 rings (SSSR count). The summed E-state index contributed by atoms with van der Waals surface area (Å²) < 4.78 is 0. The lowest BCUT2D eigenvalue weighted by Gasteiger charge is -2.05. The first-order valence-corrected chi connectivity index (χ1v) is 6.39. The topological polar surface area (TPSA) is 116 Å². The van der Waals surface area contributed by atoms with Crippen LogP contribution >= 0.6 is 11.3 Å². The van der Waals surface area contributed by atoms with E-state index in [2.05, 4.69) is 10.6 Å². The van der Waals surface area contributed by atoms with Crippen LogP contribution < -0.4 is 10.6 Å². The van der Waals surface area contributed by atoms with Crippen LogP contribution in [0.15, 0.2) is 0 Å². The van der Waals surface area contributed by atoms with Crippen molar-refractivity contribution in [2.24, 2.45) is 0 Å². The number of carbonyl (C=O) groups excluding carboxylic acids is 1. The second-order valence-corrected chi connectivity index (χ2v) is 5.26. The Morgan fingerprint density at radius 2 is 1.84 bits per heavy atom. The van der Waals surface area contributed by atoms with E-state index in [1.807, 2.05) is 0 Å². The Labute approximate surface area is 112 Å². The number of carboxylic acids is 2. The van der Waals surface area contributed by atoms with Crippen molar-refractivity contribution in [1.82, 2.24) is 5.32 Å². The number of urea groups is 1. The molecule has 1 aromatic heterocycles. The van der Waals surface area contributed by atoms with Crippen molar-refractivity contribution >= 4 is 34.3 Å². The lowest BCUT2D eigenvalue weighted by atomic mass is 10.1. The third-order valence-electron chi connectivity index (χ3n) is 2.69. The number of aromatic carboxylic acids is 2. The Bertz CT molecular complexity index is 562. The average molecular weight is 284 g/mol. The van der Waals surface area contributed by atoms with E-state index in [-0.39, 0.29) is 27.0 Å². The zero-order valence-corrected chi connectivity index (χ0v) is 10.8. The van der Waals surface area contributed by atoms with Gasteiger partial charge in [-0.05, 0) is 25.3 Å². The van der Waals surface area contributed by atoms with Crippen molar-refractivity contribution in [2.45, 2.75) is 25.8 Å². The minimum absolute atomic E-state index is 0.0422. The van der Waals surface area contributed by atoms with Crippen LogP contribution in [0.4, 0.5) is 9.80 Å². The van der Waals surface area contributed by atoms with E-state index in [0.717, 1.165) is 24.2 Å². The highest BCUT2D eigenvalue weighted by Gasteiger charge is 2.27. The number of anilines is 1. The summed E-state index contributed by atoms with van der Waals surface area (Å²) in [6, 6.07) is -0.378. The first-order chi connectivity index (χ1) is 8.90. The minimum atomic E-state index is -1.26. The molecule has 2 amide bonds. The van der Waals surface area contributed by atoms with Gasteiger partial charge in [-0.15, -0.1) is 11.3 Å². The van der Waals surface area contributed by atoms with Gasteiger partial charge in [0, 0.05) is 6.04 Å². The Morgan fingerprint density at radius 1 is 1.21 bits per heavy atom. The highest BCUT2D eigenvalue weighted by molar-refractivity contribution is 7.18. The van der Waals surface area contributed by atoms with Crippen LogP contribution in [0.5, 0.6) is 0 Å². The van der Waals surface area contributed by atoms with Gasteiger partial charge in [0.2, 0.25) is 0 Å². The van der Waals surface area contributed by atoms with Gasteiger partial charge in [0.05, 0.1) is 5.56 Å². The predicted molar refractivity (Wildman–Crippen MR) is 68.2 cm³/mol. The molecule has 8 heteroatoms. The zero-order valence-electron chi connectivity index (χ0n) is 10.0. The van der Waals surface area contributed by atoms with Gasteiger partial charge in [-0.3, -0.25) is 5.32 Å². The maximum Gasteiger partial charge on any atom is 0.346 e. The molecule has 1 aliphatic carbocycles. The van der Waals surface area contributed by atoms with E-state index in [0.29, 0.717) is 0 Å². The lowest BCUT2D eigenvalue weighted by molar-refractivity contribution is 0.0696. The summed E-state index contributed by atoms with van der Waals surface area (Å²) in [6.07, 6.45) is 1.81. The van der Waals surface area contributed by atoms with Crippen molar-refractivity contribution in [2.75, 3.05) is 5.32 Å². The molecule has 0 aromatic carbocycles. The van der Waals surface area contributed by atoms with E-state index in [9.17, 15) is 14.4 Å². The fourth-order valence-corrected chi connectivity index (χ4v) is 2.65. The lowest BCUT2D eigenvalue weighted by Crippen LogP contribution is -2.30. The maximum atomic E-state index is 11.6. The van der Waals surface area contributed by atoms with Gasteiger partial charge in [0.25, 0.3) is 0 Å². The van der Waals surface area contributed by atoms with E-state index < -0.39 is 18.0 Å². The molecule has 0 atom stereocenters. The number of carboxylic acid groups (broad SMARTS) is 2. The number of thiophene rings is 1. The smallest absolute Gasteiger partial charge is 0.346 e. The molecular weight excluding hydrogens is 272 g/mol. The van der Waals surface area contributed by atoms with Gasteiger partial charge in [-0.2, -0.15) is 0 Å². The van der Waals surface area contributed by atoms with Crippen molar-refractivity contribution in [1.29, 1.82) is 0 Å². The molecule has 7 nitrogen and oxygen atoms in total. The largest absolute Gasteiger partial charge is 0.478 e. The van der Waals surface area contributed by atoms with Crippen LogP contribution in [0, 0.1) is 6.92 Å². The molecular formula is C11H12N2O5S. The fourth-order valence-electron chi connectivity index (χ4n) is 1.62. The molecule has 4 N–H and O–H groups in total. The molecule has 0 spiro atoms. The summed E-state index contributed by atoms with van der Waals surface area (Å²) in [5.74, 6) is -2.47. The second-order valence-electron chi connectivity index (χ2n) is 4.24. The van der Waals surface area contributed by atoms with E-state index in [1.165, 1.54) is 6.92 Å². The fraction of sp³-hybridized carbons (Fsp3) is 0.364. The van der Waals surface area contributed by atoms with Gasteiger partial charge < -0.3 is 15.5 Å². The van der Waals surface area contributed by atoms with Crippen molar-refractivity contribution < 1.29 is 24.6 Å². The summed E-state index contributed by atoms with van der Waals surface area (Å²) in [6.45, 7) is 1.41. The third kappa shape index (κ3) is 2.84. The molecule has 0 aliphatic heterocycles. The van der Waals surface area contributed by atoms with Gasteiger partial charge >= 0.3 is 18.0 Å². The van der Waals surface area contributed by atoms with Crippen LogP contribution in [0.2, 0.25) is 0 Å². The minimum Gasteiger partial charge on any atom is -0.478 e. The molecule has 19 heavy (non-hydrogen) atoms. The zero-order chi connectivity index (χ0) is 14.2. The van der Waals surface area contributed by atoms with E-state index >= 15 is 0 Å².